The summed E-state index contributed by atoms with van der Waals surface area (Å²) in [4.78, 5) is 15.2. The van der Waals surface area contributed by atoms with Gasteiger partial charge in [-0.25, -0.2) is 0 Å². The minimum absolute atomic E-state index is 0.00775. The topological polar surface area (TPSA) is 68.5 Å². The lowest BCUT2D eigenvalue weighted by Crippen LogP contribution is -2.43. The van der Waals surface area contributed by atoms with Crippen molar-refractivity contribution in [3.8, 4) is 5.75 Å². The maximum Gasteiger partial charge on any atom is 0.257 e. The first-order valence-electron chi connectivity index (χ1n) is 13.0. The lowest BCUT2D eigenvalue weighted by molar-refractivity contribution is -0.612. The van der Waals surface area contributed by atoms with Crippen molar-refractivity contribution in [2.24, 2.45) is 5.92 Å². The van der Waals surface area contributed by atoms with Crippen LogP contribution in [0.15, 0.2) is 71.3 Å². The highest BCUT2D eigenvalue weighted by atomic mass is 79.9. The molecule has 37 heavy (non-hydrogen) atoms. The van der Waals surface area contributed by atoms with Gasteiger partial charge in [0.25, 0.3) is 5.91 Å². The Kier molecular flexibility index (Phi) is 9.22. The molecule has 1 N–H and O–H groups in total. The van der Waals surface area contributed by atoms with Gasteiger partial charge >= 0.3 is 0 Å². The van der Waals surface area contributed by atoms with E-state index < -0.39 is 0 Å². The second-order valence-electron chi connectivity index (χ2n) is 9.96. The summed E-state index contributed by atoms with van der Waals surface area (Å²) in [6.07, 6.45) is 4.41. The molecule has 6 nitrogen and oxygen atoms in total. The molecule has 0 radical (unpaired) electrons. The Balaban J connectivity index is 1.32. The van der Waals surface area contributed by atoms with Crippen LogP contribution in [0.2, 0.25) is 0 Å². The number of nitrogens with zero attached hydrogens (tertiary/aromatic N) is 2. The van der Waals surface area contributed by atoms with Crippen LogP contribution in [0.5, 0.6) is 5.75 Å². The lowest BCUT2D eigenvalue weighted by Gasteiger charge is -2.39. The summed E-state index contributed by atoms with van der Waals surface area (Å²) in [7, 11) is 0. The van der Waals surface area contributed by atoms with Crippen molar-refractivity contribution in [1.82, 2.24) is 10.2 Å². The van der Waals surface area contributed by atoms with Crippen LogP contribution < -0.4 is 14.8 Å². The first-order valence-corrected chi connectivity index (χ1v) is 13.8. The van der Waals surface area contributed by atoms with Crippen LogP contribution in [0.3, 0.4) is 0 Å². The van der Waals surface area contributed by atoms with Crippen molar-refractivity contribution in [1.29, 1.82) is 0 Å². The van der Waals surface area contributed by atoms with Crippen LogP contribution in [0.4, 0.5) is 0 Å². The molecule has 0 spiro atoms. The highest BCUT2D eigenvalue weighted by Crippen LogP contribution is 2.36. The van der Waals surface area contributed by atoms with Gasteiger partial charge in [0, 0.05) is 36.0 Å². The summed E-state index contributed by atoms with van der Waals surface area (Å²) in [5, 5.41) is 14.9. The molecule has 1 saturated heterocycles. The molecule has 0 saturated carbocycles. The van der Waals surface area contributed by atoms with Gasteiger partial charge in [-0.05, 0) is 81.6 Å². The fraction of sp³-hybridized carbons (Fsp3) is 0.400. The van der Waals surface area contributed by atoms with E-state index in [0.717, 1.165) is 52.9 Å². The van der Waals surface area contributed by atoms with Crippen molar-refractivity contribution >= 4 is 21.8 Å². The zero-order valence-corrected chi connectivity index (χ0v) is 23.4. The molecule has 196 valence electrons. The second kappa shape index (κ2) is 12.6. The minimum atomic E-state index is -0.179. The number of ether oxygens (including phenoxy) is 1. The largest absolute Gasteiger partial charge is 0.618 e. The van der Waals surface area contributed by atoms with Crippen LogP contribution in [-0.4, -0.2) is 36.5 Å². The van der Waals surface area contributed by atoms with Crippen LogP contribution in [0.1, 0.15) is 59.5 Å². The summed E-state index contributed by atoms with van der Waals surface area (Å²) in [5.41, 5.74) is 2.93. The average Bonchev–Trinajstić information content (AvgIpc) is 2.91. The first kappa shape index (κ1) is 27.1. The fourth-order valence-corrected chi connectivity index (χ4v) is 5.44. The number of piperidine rings is 1. The number of carbonyl (C=O) groups excluding carboxylic acids is 1. The number of hydrogen-bond donors (Lipinski definition) is 1. The van der Waals surface area contributed by atoms with Crippen LogP contribution >= 0.6 is 15.9 Å². The monoisotopic (exact) mass is 565 g/mol. The van der Waals surface area contributed by atoms with Crippen LogP contribution in [-0.2, 0) is 0 Å². The van der Waals surface area contributed by atoms with Crippen molar-refractivity contribution in [2.75, 3.05) is 19.6 Å². The van der Waals surface area contributed by atoms with E-state index in [4.69, 9.17) is 4.74 Å². The van der Waals surface area contributed by atoms with E-state index >= 15 is 0 Å². The van der Waals surface area contributed by atoms with E-state index in [1.54, 1.807) is 13.0 Å². The maximum atomic E-state index is 12.7. The second-order valence-corrected chi connectivity index (χ2v) is 10.9. The Labute approximate surface area is 228 Å². The third-order valence-electron chi connectivity index (χ3n) is 7.45. The number of aromatic nitrogens is 1. The number of hydrogen-bond acceptors (Lipinski definition) is 4. The summed E-state index contributed by atoms with van der Waals surface area (Å²) in [5.74, 6) is 1.14. The quantitative estimate of drug-likeness (QED) is 0.265. The molecular formula is C30H36BrN3O3. The molecule has 0 aliphatic carbocycles. The average molecular weight is 567 g/mol. The number of carbonyl (C=O) groups is 1. The maximum absolute atomic E-state index is 12.7. The van der Waals surface area contributed by atoms with E-state index in [-0.39, 0.29) is 12.0 Å². The molecule has 2 heterocycles. The summed E-state index contributed by atoms with van der Waals surface area (Å²) in [6.45, 7) is 8.34. The Morgan fingerprint density at radius 3 is 2.46 bits per heavy atom. The van der Waals surface area contributed by atoms with Gasteiger partial charge in [-0.3, -0.25) is 4.79 Å². The van der Waals surface area contributed by atoms with Crippen LogP contribution in [0, 0.1) is 25.0 Å². The molecule has 3 aromatic rings. The number of pyridine rings is 1. The number of likely N-dealkylation sites (tertiary alicyclic amines) is 1. The first-order chi connectivity index (χ1) is 17.8. The van der Waals surface area contributed by atoms with Crippen molar-refractivity contribution < 1.29 is 14.3 Å². The molecule has 2 aromatic carbocycles. The third kappa shape index (κ3) is 6.90. The Morgan fingerprint density at radius 2 is 1.78 bits per heavy atom. The SMILES string of the molecule is Cc1cc[n+]([O-])c(C)c1C(=O)NCCC(C)N1CCC(C(Oc2ccccc2)c2ccc(Br)cc2)CC1. The molecule has 2 atom stereocenters. The highest BCUT2D eigenvalue weighted by Gasteiger charge is 2.31. The van der Waals surface area contributed by atoms with Crippen molar-refractivity contribution in [3.05, 3.63) is 98.9 Å². The predicted octanol–water partition coefficient (Wildman–Crippen LogP) is 5.74. The predicted molar refractivity (Wildman–Crippen MR) is 150 cm³/mol. The molecule has 1 aliphatic heterocycles. The van der Waals surface area contributed by atoms with Gasteiger partial charge in [0.2, 0.25) is 5.69 Å². The molecule has 1 aromatic heterocycles. The minimum Gasteiger partial charge on any atom is -0.618 e. The molecule has 1 fully saturated rings. The van der Waals surface area contributed by atoms with E-state index in [0.29, 0.717) is 29.8 Å². The van der Waals surface area contributed by atoms with Gasteiger partial charge in [-0.15, -0.1) is 0 Å². The molecule has 1 aliphatic rings. The molecule has 0 bridgehead atoms. The van der Waals surface area contributed by atoms with Crippen LogP contribution in [0.25, 0.3) is 0 Å². The number of nitrogens with one attached hydrogen (secondary N) is 1. The zero-order chi connectivity index (χ0) is 26.4. The summed E-state index contributed by atoms with van der Waals surface area (Å²) >= 11 is 3.55. The van der Waals surface area contributed by atoms with Crippen molar-refractivity contribution in [3.63, 3.8) is 0 Å². The standard InChI is InChI=1S/C30H36BrN3O3/c1-21-14-20-34(36)23(3)28(21)30(35)32-17-13-22(2)33-18-15-25(16-19-33)29(24-9-11-26(31)12-10-24)37-27-7-5-4-6-8-27/h4-12,14,20,22,25,29H,13,15-19H2,1-3H3,(H,32,35). The molecule has 4 rings (SSSR count). The van der Waals surface area contributed by atoms with Gasteiger partial charge in [0.15, 0.2) is 6.20 Å². The number of amides is 1. The Hall–Kier alpha value is -2.90. The van der Waals surface area contributed by atoms with Gasteiger partial charge in [-0.1, -0.05) is 46.3 Å². The Bertz CT molecular complexity index is 1180. The van der Waals surface area contributed by atoms with Gasteiger partial charge in [-0.2, -0.15) is 4.73 Å². The smallest absolute Gasteiger partial charge is 0.257 e. The summed E-state index contributed by atoms with van der Waals surface area (Å²) < 4.78 is 8.34. The number of para-hydroxylation sites is 1. The number of benzene rings is 2. The van der Waals surface area contributed by atoms with E-state index in [1.165, 1.54) is 11.8 Å². The molecule has 1 amide bonds. The number of rotatable bonds is 9. The van der Waals surface area contributed by atoms with Gasteiger partial charge < -0.3 is 20.2 Å². The summed E-state index contributed by atoms with van der Waals surface area (Å²) in [6, 6.07) is 20.6. The molecule has 2 unspecified atom stereocenters. The normalized spacial score (nSPS) is 16.2. The van der Waals surface area contributed by atoms with E-state index in [9.17, 15) is 10.0 Å². The molecular weight excluding hydrogens is 530 g/mol. The van der Waals surface area contributed by atoms with E-state index in [2.05, 4.69) is 57.3 Å². The Morgan fingerprint density at radius 1 is 1.11 bits per heavy atom. The fourth-order valence-electron chi connectivity index (χ4n) is 5.18. The third-order valence-corrected chi connectivity index (χ3v) is 7.98. The van der Waals surface area contributed by atoms with Gasteiger partial charge in [0.1, 0.15) is 17.4 Å². The van der Waals surface area contributed by atoms with Gasteiger partial charge in [0.05, 0.1) is 0 Å². The van der Waals surface area contributed by atoms with E-state index in [1.807, 2.05) is 37.3 Å². The lowest BCUT2D eigenvalue weighted by atomic mass is 9.86. The molecule has 7 heteroatoms. The number of aryl methyl sites for hydroxylation is 1. The zero-order valence-electron chi connectivity index (χ0n) is 21.8. The highest BCUT2D eigenvalue weighted by molar-refractivity contribution is 9.10. The number of halogens is 1. The van der Waals surface area contributed by atoms with Crippen molar-refractivity contribution in [2.45, 2.75) is 52.2 Å².